The smallest absolute Gasteiger partial charge is 0.358 e. The van der Waals surface area contributed by atoms with Gasteiger partial charge < -0.3 is 4.74 Å². The molecule has 0 bridgehead atoms. The maximum Gasteiger partial charge on any atom is 0.358 e. The number of rotatable bonds is 3. The maximum atomic E-state index is 11.4. The van der Waals surface area contributed by atoms with Gasteiger partial charge in [-0.2, -0.15) is 5.10 Å². The molecule has 20 heavy (non-hydrogen) atoms. The lowest BCUT2D eigenvalue weighted by atomic mass is 10.2. The molecule has 3 aromatic rings. The van der Waals surface area contributed by atoms with Gasteiger partial charge in [0.25, 0.3) is 0 Å². The fourth-order valence-corrected chi connectivity index (χ4v) is 2.53. The van der Waals surface area contributed by atoms with E-state index >= 15 is 0 Å². The van der Waals surface area contributed by atoms with Gasteiger partial charge in [0.05, 0.1) is 7.11 Å². The summed E-state index contributed by atoms with van der Waals surface area (Å²) in [7, 11) is 1.33. The van der Waals surface area contributed by atoms with Crippen LogP contribution in [-0.4, -0.2) is 27.8 Å². The van der Waals surface area contributed by atoms with Gasteiger partial charge in [0.15, 0.2) is 11.5 Å². The molecule has 0 aliphatic rings. The van der Waals surface area contributed by atoms with Gasteiger partial charge in [-0.15, -0.1) is 11.3 Å². The number of esters is 1. The van der Waals surface area contributed by atoms with Crippen molar-refractivity contribution in [3.63, 3.8) is 0 Å². The predicted molar refractivity (Wildman–Crippen MR) is 76.0 cm³/mol. The standard InChI is InChI=1S/C14H11N3O2S/c1-19-14(18)11-5-7-17(16-11)13-9-10(4-6-15-13)12-3-2-8-20-12/h2-9H,1H3. The minimum absolute atomic E-state index is 0.260. The molecule has 0 radical (unpaired) electrons. The molecular formula is C14H11N3O2S. The van der Waals surface area contributed by atoms with Crippen molar-refractivity contribution in [2.45, 2.75) is 0 Å². The first kappa shape index (κ1) is 12.6. The highest BCUT2D eigenvalue weighted by molar-refractivity contribution is 7.13. The molecule has 3 rings (SSSR count). The number of hydrogen-bond acceptors (Lipinski definition) is 5. The maximum absolute atomic E-state index is 11.4. The van der Waals surface area contributed by atoms with Crippen LogP contribution in [0.25, 0.3) is 16.3 Å². The van der Waals surface area contributed by atoms with E-state index in [1.165, 1.54) is 7.11 Å². The van der Waals surface area contributed by atoms with E-state index in [0.717, 1.165) is 10.4 Å². The molecule has 6 heteroatoms. The van der Waals surface area contributed by atoms with Gasteiger partial charge in [0.2, 0.25) is 0 Å². The van der Waals surface area contributed by atoms with Crippen molar-refractivity contribution in [1.82, 2.24) is 14.8 Å². The summed E-state index contributed by atoms with van der Waals surface area (Å²) in [4.78, 5) is 16.8. The number of nitrogens with zero attached hydrogens (tertiary/aromatic N) is 3. The molecule has 0 spiro atoms. The van der Waals surface area contributed by atoms with Crippen molar-refractivity contribution >= 4 is 17.3 Å². The highest BCUT2D eigenvalue weighted by Gasteiger charge is 2.11. The third kappa shape index (κ3) is 2.33. The Balaban J connectivity index is 1.96. The number of ether oxygens (including phenoxy) is 1. The third-order valence-electron chi connectivity index (χ3n) is 2.77. The molecule has 0 unspecified atom stereocenters. The highest BCUT2D eigenvalue weighted by atomic mass is 32.1. The van der Waals surface area contributed by atoms with Gasteiger partial charge >= 0.3 is 5.97 Å². The Morgan fingerprint density at radius 1 is 1.35 bits per heavy atom. The van der Waals surface area contributed by atoms with E-state index < -0.39 is 5.97 Å². The average molecular weight is 285 g/mol. The van der Waals surface area contributed by atoms with Crippen molar-refractivity contribution < 1.29 is 9.53 Å². The first-order valence-corrected chi connectivity index (χ1v) is 6.80. The number of methoxy groups -OCH3 is 1. The van der Waals surface area contributed by atoms with Gasteiger partial charge in [0, 0.05) is 17.3 Å². The Bertz CT molecular complexity index is 734. The largest absolute Gasteiger partial charge is 0.464 e. The van der Waals surface area contributed by atoms with E-state index in [1.807, 2.05) is 29.6 Å². The average Bonchev–Trinajstić information content (AvgIpc) is 3.18. The second-order valence-corrected chi connectivity index (χ2v) is 4.96. The summed E-state index contributed by atoms with van der Waals surface area (Å²) >= 11 is 1.66. The lowest BCUT2D eigenvalue weighted by molar-refractivity contribution is 0.0593. The van der Waals surface area contributed by atoms with Crippen LogP contribution in [0.3, 0.4) is 0 Å². The highest BCUT2D eigenvalue weighted by Crippen LogP contribution is 2.25. The fourth-order valence-electron chi connectivity index (χ4n) is 1.80. The van der Waals surface area contributed by atoms with Crippen LogP contribution in [0.4, 0.5) is 0 Å². The van der Waals surface area contributed by atoms with Gasteiger partial charge in [-0.3, -0.25) is 0 Å². The van der Waals surface area contributed by atoms with Gasteiger partial charge in [-0.1, -0.05) is 6.07 Å². The molecule has 0 aliphatic carbocycles. The molecule has 0 aromatic carbocycles. The molecule has 100 valence electrons. The van der Waals surface area contributed by atoms with Gasteiger partial charge in [-0.25, -0.2) is 14.5 Å². The lowest BCUT2D eigenvalue weighted by Gasteiger charge is -2.02. The number of carbonyl (C=O) groups excluding carboxylic acids is 1. The molecule has 5 nitrogen and oxygen atoms in total. The summed E-state index contributed by atoms with van der Waals surface area (Å²) in [6.45, 7) is 0. The number of carbonyl (C=O) groups is 1. The van der Waals surface area contributed by atoms with E-state index in [2.05, 4.69) is 14.8 Å². The fraction of sp³-hybridized carbons (Fsp3) is 0.0714. The summed E-state index contributed by atoms with van der Waals surface area (Å²) in [5.74, 6) is 0.198. The summed E-state index contributed by atoms with van der Waals surface area (Å²) in [6.07, 6.45) is 3.41. The van der Waals surface area contributed by atoms with Crippen molar-refractivity contribution in [1.29, 1.82) is 0 Å². The van der Waals surface area contributed by atoms with Crippen LogP contribution < -0.4 is 0 Å². The Kier molecular flexibility index (Phi) is 3.30. The molecule has 3 heterocycles. The third-order valence-corrected chi connectivity index (χ3v) is 3.69. The number of hydrogen-bond donors (Lipinski definition) is 0. The quantitative estimate of drug-likeness (QED) is 0.694. The van der Waals surface area contributed by atoms with E-state index in [-0.39, 0.29) is 5.69 Å². The van der Waals surface area contributed by atoms with Gasteiger partial charge in [-0.05, 0) is 35.2 Å². The normalized spacial score (nSPS) is 10.4. The van der Waals surface area contributed by atoms with Crippen LogP contribution in [-0.2, 0) is 4.74 Å². The van der Waals surface area contributed by atoms with Crippen LogP contribution in [0, 0.1) is 0 Å². The van der Waals surface area contributed by atoms with E-state index in [9.17, 15) is 4.79 Å². The van der Waals surface area contributed by atoms with Crippen molar-refractivity contribution in [2.75, 3.05) is 7.11 Å². The van der Waals surface area contributed by atoms with Crippen LogP contribution in [0.5, 0.6) is 0 Å². The number of thiophene rings is 1. The minimum atomic E-state index is -0.460. The van der Waals surface area contributed by atoms with E-state index in [1.54, 1.807) is 34.5 Å². The van der Waals surface area contributed by atoms with Gasteiger partial charge in [0.1, 0.15) is 0 Å². The second-order valence-electron chi connectivity index (χ2n) is 4.02. The zero-order chi connectivity index (χ0) is 13.9. The molecule has 0 N–H and O–H groups in total. The summed E-state index contributed by atoms with van der Waals surface area (Å²) in [6, 6.07) is 9.53. The van der Waals surface area contributed by atoms with E-state index in [0.29, 0.717) is 5.82 Å². The predicted octanol–water partition coefficient (Wildman–Crippen LogP) is 2.78. The van der Waals surface area contributed by atoms with E-state index in [4.69, 9.17) is 0 Å². The Hall–Kier alpha value is -2.47. The number of pyridine rings is 1. The Morgan fingerprint density at radius 3 is 3.00 bits per heavy atom. The molecule has 0 amide bonds. The Morgan fingerprint density at radius 2 is 2.25 bits per heavy atom. The first-order valence-electron chi connectivity index (χ1n) is 5.92. The number of aromatic nitrogens is 3. The van der Waals surface area contributed by atoms with Crippen LogP contribution >= 0.6 is 11.3 Å². The Labute approximate surface area is 119 Å². The monoisotopic (exact) mass is 285 g/mol. The molecule has 0 saturated carbocycles. The molecule has 0 atom stereocenters. The summed E-state index contributed by atoms with van der Waals surface area (Å²) in [5, 5.41) is 6.18. The van der Waals surface area contributed by atoms with Crippen LogP contribution in [0.2, 0.25) is 0 Å². The second kappa shape index (κ2) is 5.26. The van der Waals surface area contributed by atoms with Crippen LogP contribution in [0.1, 0.15) is 10.5 Å². The first-order chi connectivity index (χ1) is 9.78. The van der Waals surface area contributed by atoms with Crippen molar-refractivity contribution in [2.24, 2.45) is 0 Å². The van der Waals surface area contributed by atoms with Crippen molar-refractivity contribution in [3.8, 4) is 16.3 Å². The molecular weight excluding hydrogens is 274 g/mol. The minimum Gasteiger partial charge on any atom is -0.464 e. The zero-order valence-electron chi connectivity index (χ0n) is 10.7. The van der Waals surface area contributed by atoms with Crippen LogP contribution in [0.15, 0.2) is 48.1 Å². The summed E-state index contributed by atoms with van der Waals surface area (Å²) in [5.41, 5.74) is 1.33. The topological polar surface area (TPSA) is 57.0 Å². The molecule has 0 aliphatic heterocycles. The molecule has 0 saturated heterocycles. The molecule has 0 fully saturated rings. The lowest BCUT2D eigenvalue weighted by Crippen LogP contribution is -2.04. The summed E-state index contributed by atoms with van der Waals surface area (Å²) < 4.78 is 6.19. The molecule has 3 aromatic heterocycles. The van der Waals surface area contributed by atoms with Crippen molar-refractivity contribution in [3.05, 3.63) is 53.8 Å². The SMILES string of the molecule is COC(=O)c1ccn(-c2cc(-c3cccs3)ccn2)n1. The zero-order valence-corrected chi connectivity index (χ0v) is 11.5.